The van der Waals surface area contributed by atoms with Crippen molar-refractivity contribution in [2.45, 2.75) is 6.42 Å². The lowest BCUT2D eigenvalue weighted by molar-refractivity contribution is 0.0954. The van der Waals surface area contributed by atoms with E-state index in [1.165, 1.54) is 0 Å². The number of carbonyl (C=O) groups is 1. The number of aromatic nitrogens is 2. The van der Waals surface area contributed by atoms with Gasteiger partial charge in [-0.1, -0.05) is 11.6 Å². The van der Waals surface area contributed by atoms with Crippen LogP contribution in [0.1, 0.15) is 16.2 Å². The molecule has 1 heterocycles. The van der Waals surface area contributed by atoms with Gasteiger partial charge in [0.15, 0.2) is 0 Å². The summed E-state index contributed by atoms with van der Waals surface area (Å²) in [7, 11) is 3.61. The molecular weight excluding hydrogens is 326 g/mol. The number of amides is 1. The molecule has 0 spiro atoms. The smallest absolute Gasteiger partial charge is 0.251 e. The molecule has 0 aliphatic carbocycles. The summed E-state index contributed by atoms with van der Waals surface area (Å²) in [5, 5.41) is 3.51. The summed E-state index contributed by atoms with van der Waals surface area (Å²) < 4.78 is 7.26. The van der Waals surface area contributed by atoms with Gasteiger partial charge in [-0.25, -0.2) is 4.98 Å². The number of rotatable bonds is 5. The highest BCUT2D eigenvalue weighted by Crippen LogP contribution is 2.21. The van der Waals surface area contributed by atoms with E-state index in [1.54, 1.807) is 31.4 Å². The molecule has 0 saturated heterocycles. The highest BCUT2D eigenvalue weighted by atomic mass is 35.5. The Balaban J connectivity index is 1.66. The van der Waals surface area contributed by atoms with Crippen LogP contribution in [0.2, 0.25) is 5.02 Å². The summed E-state index contributed by atoms with van der Waals surface area (Å²) in [5.74, 6) is 1.57. The van der Waals surface area contributed by atoms with Crippen LogP contribution in [0.15, 0.2) is 42.5 Å². The van der Waals surface area contributed by atoms with Crippen molar-refractivity contribution in [3.8, 4) is 5.75 Å². The summed E-state index contributed by atoms with van der Waals surface area (Å²) in [4.78, 5) is 16.7. The van der Waals surface area contributed by atoms with Crippen LogP contribution in [0.5, 0.6) is 5.75 Å². The normalized spacial score (nSPS) is 10.8. The second-order valence-electron chi connectivity index (χ2n) is 5.45. The van der Waals surface area contributed by atoms with Crippen LogP contribution >= 0.6 is 11.6 Å². The SMILES string of the molecule is COc1ccc2c(c1)nc(CCNC(=O)c1ccc(Cl)cc1)n2C. The molecule has 0 saturated carbocycles. The lowest BCUT2D eigenvalue weighted by Gasteiger charge is -2.06. The number of carbonyl (C=O) groups excluding carboxylic acids is 1. The predicted octanol–water partition coefficient (Wildman–Crippen LogP) is 3.21. The van der Waals surface area contributed by atoms with Gasteiger partial charge in [-0.15, -0.1) is 0 Å². The fraction of sp³-hybridized carbons (Fsp3) is 0.222. The molecule has 1 N–H and O–H groups in total. The number of nitrogens with one attached hydrogen (secondary N) is 1. The first kappa shape index (κ1) is 16.3. The quantitative estimate of drug-likeness (QED) is 0.774. The van der Waals surface area contributed by atoms with Crippen LogP contribution in [0.4, 0.5) is 0 Å². The second-order valence-corrected chi connectivity index (χ2v) is 5.89. The first-order valence-electron chi connectivity index (χ1n) is 7.61. The van der Waals surface area contributed by atoms with Crippen LogP contribution in [-0.4, -0.2) is 29.1 Å². The van der Waals surface area contributed by atoms with Crippen LogP contribution < -0.4 is 10.1 Å². The Hall–Kier alpha value is -2.53. The third-order valence-corrected chi connectivity index (χ3v) is 4.17. The monoisotopic (exact) mass is 343 g/mol. The maximum atomic E-state index is 12.1. The summed E-state index contributed by atoms with van der Waals surface area (Å²) >= 11 is 5.83. The largest absolute Gasteiger partial charge is 0.497 e. The van der Waals surface area contributed by atoms with Gasteiger partial charge in [0.25, 0.3) is 5.91 Å². The topological polar surface area (TPSA) is 56.1 Å². The van der Waals surface area contributed by atoms with Crippen LogP contribution in [-0.2, 0) is 13.5 Å². The van der Waals surface area contributed by atoms with Gasteiger partial charge in [0.1, 0.15) is 11.6 Å². The molecule has 0 fully saturated rings. The van der Waals surface area contributed by atoms with Gasteiger partial charge in [0.05, 0.1) is 18.1 Å². The van der Waals surface area contributed by atoms with E-state index in [2.05, 4.69) is 10.3 Å². The molecule has 0 atom stereocenters. The van der Waals surface area contributed by atoms with Crippen LogP contribution in [0.25, 0.3) is 11.0 Å². The lowest BCUT2D eigenvalue weighted by atomic mass is 10.2. The molecule has 6 heteroatoms. The summed E-state index contributed by atoms with van der Waals surface area (Å²) in [6.45, 7) is 0.510. The molecule has 124 valence electrons. The number of methoxy groups -OCH3 is 1. The van der Waals surface area contributed by atoms with Gasteiger partial charge in [-0.05, 0) is 36.4 Å². The molecule has 0 aliphatic heterocycles. The van der Waals surface area contributed by atoms with E-state index in [-0.39, 0.29) is 5.91 Å². The molecule has 0 bridgehead atoms. The third-order valence-electron chi connectivity index (χ3n) is 3.92. The number of benzene rings is 2. The molecular formula is C18H18ClN3O2. The molecule has 0 radical (unpaired) electrons. The van der Waals surface area contributed by atoms with Gasteiger partial charge >= 0.3 is 0 Å². The van der Waals surface area contributed by atoms with Gasteiger partial charge in [0, 0.05) is 36.7 Å². The van der Waals surface area contributed by atoms with Crippen molar-refractivity contribution in [1.29, 1.82) is 0 Å². The first-order valence-corrected chi connectivity index (χ1v) is 7.99. The van der Waals surface area contributed by atoms with Crippen molar-refractivity contribution < 1.29 is 9.53 Å². The Kier molecular flexibility index (Phi) is 4.71. The van der Waals surface area contributed by atoms with Gasteiger partial charge < -0.3 is 14.6 Å². The van der Waals surface area contributed by atoms with Crippen molar-refractivity contribution in [1.82, 2.24) is 14.9 Å². The Morgan fingerprint density at radius 2 is 2.00 bits per heavy atom. The van der Waals surface area contributed by atoms with Crippen molar-refractivity contribution in [2.24, 2.45) is 7.05 Å². The maximum Gasteiger partial charge on any atom is 0.251 e. The summed E-state index contributed by atoms with van der Waals surface area (Å²) in [6, 6.07) is 12.6. The fourth-order valence-electron chi connectivity index (χ4n) is 2.57. The van der Waals surface area contributed by atoms with Crippen molar-refractivity contribution >= 4 is 28.5 Å². The van der Waals surface area contributed by atoms with E-state index in [4.69, 9.17) is 16.3 Å². The Morgan fingerprint density at radius 3 is 2.71 bits per heavy atom. The van der Waals surface area contributed by atoms with Crippen molar-refractivity contribution in [2.75, 3.05) is 13.7 Å². The first-order chi connectivity index (χ1) is 11.6. The minimum atomic E-state index is -0.118. The predicted molar refractivity (Wildman–Crippen MR) is 94.8 cm³/mol. The average Bonchev–Trinajstić information content (AvgIpc) is 2.91. The molecule has 3 rings (SSSR count). The Morgan fingerprint density at radius 1 is 1.25 bits per heavy atom. The van der Waals surface area contributed by atoms with E-state index in [9.17, 15) is 4.79 Å². The summed E-state index contributed by atoms with van der Waals surface area (Å²) in [6.07, 6.45) is 0.646. The standard InChI is InChI=1S/C18H18ClN3O2/c1-22-16-8-7-14(24-2)11-15(16)21-17(22)9-10-20-18(23)12-3-5-13(19)6-4-12/h3-8,11H,9-10H2,1-2H3,(H,20,23). The zero-order valence-electron chi connectivity index (χ0n) is 13.5. The number of imidazole rings is 1. The van der Waals surface area contributed by atoms with E-state index >= 15 is 0 Å². The van der Waals surface area contributed by atoms with Crippen molar-refractivity contribution in [3.63, 3.8) is 0 Å². The minimum absolute atomic E-state index is 0.118. The van der Waals surface area contributed by atoms with E-state index in [0.29, 0.717) is 23.6 Å². The molecule has 5 nitrogen and oxygen atoms in total. The number of hydrogen-bond donors (Lipinski definition) is 1. The molecule has 3 aromatic rings. The molecule has 0 aliphatic rings. The minimum Gasteiger partial charge on any atom is -0.497 e. The average molecular weight is 344 g/mol. The molecule has 24 heavy (non-hydrogen) atoms. The van der Waals surface area contributed by atoms with Gasteiger partial charge in [0.2, 0.25) is 0 Å². The highest BCUT2D eigenvalue weighted by Gasteiger charge is 2.10. The zero-order chi connectivity index (χ0) is 17.1. The molecule has 0 unspecified atom stereocenters. The van der Waals surface area contributed by atoms with Crippen LogP contribution in [0.3, 0.4) is 0 Å². The highest BCUT2D eigenvalue weighted by molar-refractivity contribution is 6.30. The second kappa shape index (κ2) is 6.93. The van der Waals surface area contributed by atoms with Crippen LogP contribution in [0, 0.1) is 0 Å². The fourth-order valence-corrected chi connectivity index (χ4v) is 2.70. The van der Waals surface area contributed by atoms with Gasteiger partial charge in [-0.3, -0.25) is 4.79 Å². The molecule has 2 aromatic carbocycles. The third kappa shape index (κ3) is 3.36. The number of hydrogen-bond acceptors (Lipinski definition) is 3. The Bertz CT molecular complexity index is 872. The van der Waals surface area contributed by atoms with E-state index in [1.807, 2.05) is 29.8 Å². The number of nitrogens with zero attached hydrogens (tertiary/aromatic N) is 2. The van der Waals surface area contributed by atoms with E-state index in [0.717, 1.165) is 22.6 Å². The maximum absolute atomic E-state index is 12.1. The Labute approximate surface area is 145 Å². The molecule has 1 aromatic heterocycles. The van der Waals surface area contributed by atoms with Gasteiger partial charge in [-0.2, -0.15) is 0 Å². The number of aryl methyl sites for hydroxylation is 1. The summed E-state index contributed by atoms with van der Waals surface area (Å²) in [5.41, 5.74) is 2.51. The zero-order valence-corrected chi connectivity index (χ0v) is 14.3. The number of ether oxygens (including phenoxy) is 1. The number of halogens is 1. The molecule has 1 amide bonds. The number of fused-ring (bicyclic) bond motifs is 1. The lowest BCUT2D eigenvalue weighted by Crippen LogP contribution is -2.26. The van der Waals surface area contributed by atoms with E-state index < -0.39 is 0 Å². The van der Waals surface area contributed by atoms with Crippen molar-refractivity contribution in [3.05, 3.63) is 58.9 Å².